The van der Waals surface area contributed by atoms with E-state index in [0.717, 1.165) is 11.1 Å². The molecule has 1 unspecified atom stereocenters. The summed E-state index contributed by atoms with van der Waals surface area (Å²) >= 11 is 0. The van der Waals surface area contributed by atoms with Crippen LogP contribution in [-0.2, 0) is 0 Å². The number of nitrogens with one attached hydrogen (secondary N) is 1. The molecule has 0 aliphatic rings. The van der Waals surface area contributed by atoms with Crippen molar-refractivity contribution in [3.8, 4) is 0 Å². The lowest BCUT2D eigenvalue weighted by atomic mass is 9.96. The number of carbonyl (C=O) groups excluding carboxylic acids is 1. The largest absolute Gasteiger partial charge is 0.409 e. The highest BCUT2D eigenvalue weighted by molar-refractivity contribution is 6.00. The number of hydrogen-bond acceptors (Lipinski definition) is 3. The second-order valence-corrected chi connectivity index (χ2v) is 5.00. The lowest BCUT2D eigenvalue weighted by molar-refractivity contribution is 0.0924. The van der Waals surface area contributed by atoms with Gasteiger partial charge in [0, 0.05) is 5.56 Å². The lowest BCUT2D eigenvalue weighted by Crippen LogP contribution is -2.55. The van der Waals surface area contributed by atoms with Gasteiger partial charge in [0.2, 0.25) is 0 Å². The maximum Gasteiger partial charge on any atom is 0.252 e. The Morgan fingerprint density at radius 3 is 2.32 bits per heavy atom. The number of aryl methyl sites for hydroxylation is 2. The summed E-state index contributed by atoms with van der Waals surface area (Å²) in [5.41, 5.74) is 7.39. The Kier molecular flexibility index (Phi) is 4.53. The number of amidine groups is 1. The van der Waals surface area contributed by atoms with E-state index in [4.69, 9.17) is 10.9 Å². The van der Waals surface area contributed by atoms with Crippen molar-refractivity contribution < 1.29 is 10.0 Å². The highest BCUT2D eigenvalue weighted by Crippen LogP contribution is 2.13. The van der Waals surface area contributed by atoms with Gasteiger partial charge in [-0.3, -0.25) is 4.79 Å². The molecule has 1 aromatic rings. The van der Waals surface area contributed by atoms with E-state index in [2.05, 4.69) is 10.5 Å². The third-order valence-corrected chi connectivity index (χ3v) is 3.25. The van der Waals surface area contributed by atoms with Gasteiger partial charge in [0.1, 0.15) is 0 Å². The molecule has 0 fully saturated rings. The molecule has 0 aromatic heterocycles. The zero-order chi connectivity index (χ0) is 14.6. The number of nitrogens with two attached hydrogens (primary N) is 1. The van der Waals surface area contributed by atoms with Crippen molar-refractivity contribution in [2.75, 3.05) is 0 Å². The topological polar surface area (TPSA) is 87.7 Å². The van der Waals surface area contributed by atoms with Crippen molar-refractivity contribution in [2.45, 2.75) is 39.7 Å². The maximum atomic E-state index is 12.2. The number of nitrogens with zero attached hydrogens (tertiary/aromatic N) is 1. The molecule has 4 N–H and O–H groups in total. The van der Waals surface area contributed by atoms with E-state index in [1.165, 1.54) is 0 Å². The van der Waals surface area contributed by atoms with Gasteiger partial charge < -0.3 is 16.3 Å². The van der Waals surface area contributed by atoms with Gasteiger partial charge in [-0.15, -0.1) is 0 Å². The average Bonchev–Trinajstić information content (AvgIpc) is 2.36. The standard InChI is InChI=1S/C14H21N3O2/c1-5-14(4,13(15)17-19)16-12(18)11-7-9(2)6-10(3)8-11/h6-8,19H,5H2,1-4H3,(H2,15,17)(H,16,18). The van der Waals surface area contributed by atoms with Crippen LogP contribution in [0.3, 0.4) is 0 Å². The summed E-state index contributed by atoms with van der Waals surface area (Å²) in [4.78, 5) is 12.2. The zero-order valence-corrected chi connectivity index (χ0v) is 11.8. The molecule has 0 heterocycles. The Morgan fingerprint density at radius 2 is 1.89 bits per heavy atom. The molecule has 19 heavy (non-hydrogen) atoms. The van der Waals surface area contributed by atoms with Gasteiger partial charge in [-0.05, 0) is 39.3 Å². The minimum atomic E-state index is -0.858. The smallest absolute Gasteiger partial charge is 0.252 e. The monoisotopic (exact) mass is 263 g/mol. The van der Waals surface area contributed by atoms with Crippen LogP contribution < -0.4 is 11.1 Å². The van der Waals surface area contributed by atoms with Crippen molar-refractivity contribution in [2.24, 2.45) is 10.9 Å². The Morgan fingerprint density at radius 1 is 1.37 bits per heavy atom. The molecule has 5 nitrogen and oxygen atoms in total. The van der Waals surface area contributed by atoms with Crippen LogP contribution in [0.5, 0.6) is 0 Å². The van der Waals surface area contributed by atoms with Crippen LogP contribution in [0.2, 0.25) is 0 Å². The van der Waals surface area contributed by atoms with Crippen molar-refractivity contribution in [1.29, 1.82) is 0 Å². The molecule has 0 radical (unpaired) electrons. The van der Waals surface area contributed by atoms with E-state index in [1.54, 1.807) is 6.92 Å². The molecule has 1 amide bonds. The van der Waals surface area contributed by atoms with Gasteiger partial charge in [0.15, 0.2) is 5.84 Å². The predicted octanol–water partition coefficient (Wildman–Crippen LogP) is 1.95. The third-order valence-electron chi connectivity index (χ3n) is 3.25. The van der Waals surface area contributed by atoms with Gasteiger partial charge in [0.05, 0.1) is 5.54 Å². The Bertz CT molecular complexity index is 491. The predicted molar refractivity (Wildman–Crippen MR) is 75.5 cm³/mol. The Hall–Kier alpha value is -2.04. The van der Waals surface area contributed by atoms with Gasteiger partial charge in [-0.25, -0.2) is 0 Å². The summed E-state index contributed by atoms with van der Waals surface area (Å²) in [5, 5.41) is 14.6. The van der Waals surface area contributed by atoms with Crippen LogP contribution in [0.15, 0.2) is 23.4 Å². The number of benzene rings is 1. The number of hydrogen-bond donors (Lipinski definition) is 3. The van der Waals surface area contributed by atoms with Gasteiger partial charge >= 0.3 is 0 Å². The highest BCUT2D eigenvalue weighted by atomic mass is 16.4. The summed E-state index contributed by atoms with van der Waals surface area (Å²) in [6, 6.07) is 5.62. The van der Waals surface area contributed by atoms with E-state index in [1.807, 2.05) is 39.0 Å². The van der Waals surface area contributed by atoms with E-state index in [9.17, 15) is 4.79 Å². The lowest BCUT2D eigenvalue weighted by Gasteiger charge is -2.28. The quantitative estimate of drug-likeness (QED) is 0.336. The van der Waals surface area contributed by atoms with Crippen LogP contribution in [0.4, 0.5) is 0 Å². The third kappa shape index (κ3) is 3.47. The number of carbonyl (C=O) groups is 1. The molecule has 1 aromatic carbocycles. The summed E-state index contributed by atoms with van der Waals surface area (Å²) < 4.78 is 0. The summed E-state index contributed by atoms with van der Waals surface area (Å²) in [7, 11) is 0. The normalized spacial score (nSPS) is 14.8. The van der Waals surface area contributed by atoms with Crippen LogP contribution in [0.1, 0.15) is 41.8 Å². The number of amides is 1. The molecule has 104 valence electrons. The fraction of sp³-hybridized carbons (Fsp3) is 0.429. The van der Waals surface area contributed by atoms with E-state index < -0.39 is 5.54 Å². The minimum absolute atomic E-state index is 0.00674. The van der Waals surface area contributed by atoms with Crippen LogP contribution in [0.25, 0.3) is 0 Å². The van der Waals surface area contributed by atoms with Crippen molar-refractivity contribution >= 4 is 11.7 Å². The first-order chi connectivity index (χ1) is 8.82. The number of rotatable bonds is 4. The highest BCUT2D eigenvalue weighted by Gasteiger charge is 2.30. The summed E-state index contributed by atoms with van der Waals surface area (Å²) in [5.74, 6) is -0.240. The van der Waals surface area contributed by atoms with Crippen LogP contribution in [-0.4, -0.2) is 22.5 Å². The molecule has 0 saturated heterocycles. The minimum Gasteiger partial charge on any atom is -0.409 e. The van der Waals surface area contributed by atoms with Crippen LogP contribution >= 0.6 is 0 Å². The van der Waals surface area contributed by atoms with E-state index in [0.29, 0.717) is 12.0 Å². The van der Waals surface area contributed by atoms with Crippen molar-refractivity contribution in [3.63, 3.8) is 0 Å². The summed E-state index contributed by atoms with van der Waals surface area (Å²) in [6.45, 7) is 7.46. The first kappa shape index (κ1) is 15.0. The molecule has 1 atom stereocenters. The van der Waals surface area contributed by atoms with Gasteiger partial charge in [-0.2, -0.15) is 0 Å². The Labute approximate surface area is 113 Å². The molecular weight excluding hydrogens is 242 g/mol. The van der Waals surface area contributed by atoms with Crippen molar-refractivity contribution in [3.05, 3.63) is 34.9 Å². The fourth-order valence-corrected chi connectivity index (χ4v) is 1.87. The van der Waals surface area contributed by atoms with Crippen LogP contribution in [0, 0.1) is 13.8 Å². The Balaban J connectivity index is 3.01. The summed E-state index contributed by atoms with van der Waals surface area (Å²) in [6.07, 6.45) is 0.527. The average molecular weight is 263 g/mol. The molecule has 0 aliphatic carbocycles. The SMILES string of the molecule is CCC(C)(NC(=O)c1cc(C)cc(C)c1)/C(N)=N/O. The first-order valence-electron chi connectivity index (χ1n) is 6.21. The second kappa shape index (κ2) is 5.73. The molecule has 0 spiro atoms. The molecular formula is C14H21N3O2. The number of oxime groups is 1. The maximum absolute atomic E-state index is 12.2. The van der Waals surface area contributed by atoms with Crippen molar-refractivity contribution in [1.82, 2.24) is 5.32 Å². The van der Waals surface area contributed by atoms with E-state index >= 15 is 0 Å². The van der Waals surface area contributed by atoms with E-state index in [-0.39, 0.29) is 11.7 Å². The molecule has 1 rings (SSSR count). The van der Waals surface area contributed by atoms with Gasteiger partial charge in [0.25, 0.3) is 5.91 Å². The molecule has 0 bridgehead atoms. The molecule has 5 heteroatoms. The van der Waals surface area contributed by atoms with Gasteiger partial charge in [-0.1, -0.05) is 29.3 Å². The zero-order valence-electron chi connectivity index (χ0n) is 11.8. The fourth-order valence-electron chi connectivity index (χ4n) is 1.87. The second-order valence-electron chi connectivity index (χ2n) is 5.00. The molecule has 0 aliphatic heterocycles. The molecule has 0 saturated carbocycles. The first-order valence-corrected chi connectivity index (χ1v) is 6.21.